The molecule has 0 fully saturated rings. The standard InChI is InChI=1S/C44H26F4N4/c45-29-9-1-25(2-10-29)41-33-17-19-35(49-33)42(26-3-11-30(46)12-4-26)37-21-23-39(51-37)44(28-7-15-32(48)16-8-28)40-24-22-38(52-40)43(36-20-18-34(41)50-36)27-5-13-31(47)14-6-27/h1-24,49-50H. The average molecular weight is 687 g/mol. The summed E-state index contributed by atoms with van der Waals surface area (Å²) in [4.78, 5) is 17.4. The molecule has 9 rings (SSSR count). The van der Waals surface area contributed by atoms with Crippen LogP contribution < -0.4 is 0 Å². The van der Waals surface area contributed by atoms with E-state index in [-0.39, 0.29) is 23.3 Å². The molecule has 0 saturated carbocycles. The van der Waals surface area contributed by atoms with E-state index in [1.54, 1.807) is 48.5 Å². The second kappa shape index (κ2) is 12.5. The summed E-state index contributed by atoms with van der Waals surface area (Å²) >= 11 is 0. The molecule has 0 unspecified atom stereocenters. The molecule has 4 nitrogen and oxygen atoms in total. The Balaban J connectivity index is 1.47. The minimum absolute atomic E-state index is 0.358. The molecule has 0 amide bonds. The molecule has 0 spiro atoms. The van der Waals surface area contributed by atoms with E-state index in [1.807, 2.05) is 48.6 Å². The summed E-state index contributed by atoms with van der Waals surface area (Å²) in [5.41, 5.74) is 11.3. The van der Waals surface area contributed by atoms with Crippen LogP contribution in [0.2, 0.25) is 0 Å². The lowest BCUT2D eigenvalue weighted by atomic mass is 10.0. The van der Waals surface area contributed by atoms with Crippen molar-refractivity contribution in [3.8, 4) is 44.5 Å². The third kappa shape index (κ3) is 5.60. The Morgan fingerprint density at radius 3 is 0.865 bits per heavy atom. The first kappa shape index (κ1) is 31.2. The summed E-state index contributed by atoms with van der Waals surface area (Å²) in [7, 11) is 0. The maximum Gasteiger partial charge on any atom is 0.123 e. The molecule has 52 heavy (non-hydrogen) atoms. The largest absolute Gasteiger partial charge is 0.354 e. The summed E-state index contributed by atoms with van der Waals surface area (Å²) in [6.07, 6.45) is 7.59. The van der Waals surface area contributed by atoms with E-state index in [9.17, 15) is 17.6 Å². The lowest BCUT2D eigenvalue weighted by Crippen LogP contribution is -1.91. The van der Waals surface area contributed by atoms with E-state index in [2.05, 4.69) is 9.97 Å². The SMILES string of the molecule is Fc1ccc(-c2c3nc(c(-c4ccc(F)cc4)c4ccc([nH]4)c(-c4ccc(F)cc4)c4ccc([nH]4)c(-c4ccc(F)cc4)c4nc2C=C4)C=C3)cc1. The molecule has 0 saturated heterocycles. The zero-order valence-electron chi connectivity index (χ0n) is 27.3. The van der Waals surface area contributed by atoms with Crippen molar-refractivity contribution in [1.29, 1.82) is 0 Å². The lowest BCUT2D eigenvalue weighted by Gasteiger charge is -2.07. The lowest BCUT2D eigenvalue weighted by molar-refractivity contribution is 0.627. The second-order valence-electron chi connectivity index (χ2n) is 12.5. The van der Waals surface area contributed by atoms with Gasteiger partial charge in [-0.2, -0.15) is 0 Å². The Labute approximate surface area is 295 Å². The van der Waals surface area contributed by atoms with Gasteiger partial charge in [-0.15, -0.1) is 0 Å². The van der Waals surface area contributed by atoms with Gasteiger partial charge in [-0.25, -0.2) is 27.5 Å². The zero-order valence-corrected chi connectivity index (χ0v) is 27.3. The van der Waals surface area contributed by atoms with Crippen LogP contribution in [-0.2, 0) is 0 Å². The van der Waals surface area contributed by atoms with E-state index in [1.165, 1.54) is 48.5 Å². The number of hydrogen-bond acceptors (Lipinski definition) is 2. The van der Waals surface area contributed by atoms with Gasteiger partial charge in [-0.3, -0.25) is 0 Å². The highest BCUT2D eigenvalue weighted by Gasteiger charge is 2.20. The Bertz CT molecular complexity index is 2600. The summed E-state index contributed by atoms with van der Waals surface area (Å²) in [6, 6.07) is 32.7. The van der Waals surface area contributed by atoms with Crippen molar-refractivity contribution in [3.63, 3.8) is 0 Å². The molecule has 0 radical (unpaired) electrons. The number of aromatic amines is 2. The third-order valence-electron chi connectivity index (χ3n) is 9.29. The number of nitrogens with one attached hydrogen (secondary N) is 2. The van der Waals surface area contributed by atoms with Gasteiger partial charge in [0, 0.05) is 44.3 Å². The molecular formula is C44H26F4N4. The van der Waals surface area contributed by atoms with Crippen molar-refractivity contribution in [2.45, 2.75) is 0 Å². The molecule has 8 heteroatoms. The van der Waals surface area contributed by atoms with Crippen LogP contribution in [0.4, 0.5) is 17.6 Å². The number of fused-ring (bicyclic) bond motifs is 8. The number of halogens is 4. The van der Waals surface area contributed by atoms with Crippen molar-refractivity contribution in [2.75, 3.05) is 0 Å². The van der Waals surface area contributed by atoms with Gasteiger partial charge in [0.25, 0.3) is 0 Å². The normalized spacial score (nSPS) is 12.1. The maximum absolute atomic E-state index is 14.2. The summed E-state index contributed by atoms with van der Waals surface area (Å²) in [5, 5.41) is 0. The fourth-order valence-electron chi connectivity index (χ4n) is 6.89. The molecule has 3 aromatic heterocycles. The monoisotopic (exact) mass is 686 g/mol. The van der Waals surface area contributed by atoms with Crippen LogP contribution in [0, 0.1) is 23.3 Å². The van der Waals surface area contributed by atoms with Crippen LogP contribution in [0.5, 0.6) is 0 Å². The van der Waals surface area contributed by atoms with Gasteiger partial charge < -0.3 is 9.97 Å². The van der Waals surface area contributed by atoms with E-state index in [0.29, 0.717) is 33.9 Å². The smallest absolute Gasteiger partial charge is 0.123 e. The molecule has 4 aromatic carbocycles. The number of aromatic nitrogens is 4. The van der Waals surface area contributed by atoms with Crippen LogP contribution in [0.25, 0.3) is 90.9 Å². The number of H-pyrrole nitrogens is 2. The number of rotatable bonds is 4. The van der Waals surface area contributed by atoms with E-state index in [4.69, 9.17) is 9.97 Å². The molecule has 2 N–H and O–H groups in total. The van der Waals surface area contributed by atoms with Crippen molar-refractivity contribution in [2.24, 2.45) is 0 Å². The molecular weight excluding hydrogens is 661 g/mol. The summed E-state index contributed by atoms with van der Waals surface area (Å²) in [6.45, 7) is 0. The quantitative estimate of drug-likeness (QED) is 0.181. The Morgan fingerprint density at radius 2 is 0.538 bits per heavy atom. The average Bonchev–Trinajstić information content (AvgIpc) is 3.99. The maximum atomic E-state index is 14.2. The van der Waals surface area contributed by atoms with Crippen molar-refractivity contribution < 1.29 is 17.6 Å². The highest BCUT2D eigenvalue weighted by Crippen LogP contribution is 2.38. The van der Waals surface area contributed by atoms with Crippen molar-refractivity contribution in [1.82, 2.24) is 19.9 Å². The Morgan fingerprint density at radius 1 is 0.288 bits per heavy atom. The minimum Gasteiger partial charge on any atom is -0.354 e. The fourth-order valence-corrected chi connectivity index (χ4v) is 6.89. The van der Waals surface area contributed by atoms with Gasteiger partial charge in [-0.05, 0) is 119 Å². The van der Waals surface area contributed by atoms with Crippen LogP contribution in [-0.4, -0.2) is 19.9 Å². The second-order valence-corrected chi connectivity index (χ2v) is 12.5. The molecule has 0 aliphatic carbocycles. The third-order valence-corrected chi connectivity index (χ3v) is 9.29. The van der Waals surface area contributed by atoms with Gasteiger partial charge in [0.1, 0.15) is 23.3 Å². The Hall–Kier alpha value is -6.80. The van der Waals surface area contributed by atoms with Gasteiger partial charge in [-0.1, -0.05) is 48.5 Å². The molecule has 5 heterocycles. The van der Waals surface area contributed by atoms with E-state index < -0.39 is 0 Å². The molecule has 2 aliphatic heterocycles. The molecule has 2 aliphatic rings. The first-order chi connectivity index (χ1) is 25.4. The number of nitrogens with zero attached hydrogens (tertiary/aromatic N) is 2. The minimum atomic E-state index is -0.370. The van der Waals surface area contributed by atoms with Crippen LogP contribution in [0.15, 0.2) is 121 Å². The topological polar surface area (TPSA) is 57.4 Å². The zero-order chi connectivity index (χ0) is 35.3. The van der Waals surface area contributed by atoms with Gasteiger partial charge in [0.05, 0.1) is 22.8 Å². The Kier molecular flexibility index (Phi) is 7.51. The van der Waals surface area contributed by atoms with E-state index in [0.717, 1.165) is 55.4 Å². The van der Waals surface area contributed by atoms with Gasteiger partial charge in [0.2, 0.25) is 0 Å². The van der Waals surface area contributed by atoms with E-state index >= 15 is 0 Å². The van der Waals surface area contributed by atoms with Gasteiger partial charge in [0.15, 0.2) is 0 Å². The van der Waals surface area contributed by atoms with Crippen LogP contribution in [0.3, 0.4) is 0 Å². The predicted molar refractivity (Wildman–Crippen MR) is 200 cm³/mol. The first-order valence-electron chi connectivity index (χ1n) is 16.6. The number of hydrogen-bond donors (Lipinski definition) is 2. The number of benzene rings is 4. The molecule has 8 bridgehead atoms. The predicted octanol–water partition coefficient (Wildman–Crippen LogP) is 11.9. The van der Waals surface area contributed by atoms with Crippen LogP contribution in [0.1, 0.15) is 22.8 Å². The highest BCUT2D eigenvalue weighted by molar-refractivity contribution is 6.00. The first-order valence-corrected chi connectivity index (χ1v) is 16.6. The fraction of sp³-hybridized carbons (Fsp3) is 0. The summed E-state index contributed by atoms with van der Waals surface area (Å²) in [5.74, 6) is -1.45. The molecule has 0 atom stereocenters. The van der Waals surface area contributed by atoms with Crippen LogP contribution >= 0.6 is 0 Å². The summed E-state index contributed by atoms with van der Waals surface area (Å²) < 4.78 is 56.8. The highest BCUT2D eigenvalue weighted by atomic mass is 19.1. The van der Waals surface area contributed by atoms with Gasteiger partial charge >= 0.3 is 0 Å². The molecule has 250 valence electrons. The molecule has 7 aromatic rings. The van der Waals surface area contributed by atoms with Crippen molar-refractivity contribution >= 4 is 46.4 Å². The van der Waals surface area contributed by atoms with Crippen molar-refractivity contribution in [3.05, 3.63) is 167 Å².